The van der Waals surface area contributed by atoms with E-state index in [1.807, 2.05) is 0 Å². The maximum Gasteiger partial charge on any atom is 0.246 e. The molecule has 158 valence electrons. The van der Waals surface area contributed by atoms with Crippen molar-refractivity contribution in [2.75, 3.05) is 33.0 Å². The summed E-state index contributed by atoms with van der Waals surface area (Å²) in [5.41, 5.74) is 0.764. The molecule has 2 aromatic carbocycles. The molecule has 30 heavy (non-hydrogen) atoms. The standard InChI is InChI=1S/C20H18F2N2O5S/c21-15-3-5-19(16(22)12-15)30(26,27)24-9-7-23(8-10-24)20(25)6-2-14-1-4-17-18(11-14)29-13-28-17/h1-6,11-12H,7-10,13H2/b6-2+. The van der Waals surface area contributed by atoms with Crippen molar-refractivity contribution < 1.29 is 31.5 Å². The lowest BCUT2D eigenvalue weighted by Gasteiger charge is -2.33. The van der Waals surface area contributed by atoms with E-state index in [9.17, 15) is 22.0 Å². The van der Waals surface area contributed by atoms with Gasteiger partial charge in [0.25, 0.3) is 0 Å². The van der Waals surface area contributed by atoms with Crippen molar-refractivity contribution in [1.82, 2.24) is 9.21 Å². The number of benzene rings is 2. The average molecular weight is 436 g/mol. The third kappa shape index (κ3) is 4.01. The van der Waals surface area contributed by atoms with Crippen LogP contribution in [-0.2, 0) is 14.8 Å². The van der Waals surface area contributed by atoms with E-state index >= 15 is 0 Å². The Hall–Kier alpha value is -2.98. The van der Waals surface area contributed by atoms with E-state index < -0.39 is 26.6 Å². The SMILES string of the molecule is O=C(/C=C/c1ccc2c(c1)OCO2)N1CCN(S(=O)(=O)c2ccc(F)cc2F)CC1. The van der Waals surface area contributed by atoms with Gasteiger partial charge in [0.05, 0.1) is 0 Å². The minimum atomic E-state index is -4.11. The van der Waals surface area contributed by atoms with E-state index in [1.165, 1.54) is 11.0 Å². The van der Waals surface area contributed by atoms with Gasteiger partial charge >= 0.3 is 0 Å². The number of ether oxygens (including phenoxy) is 2. The minimum Gasteiger partial charge on any atom is -0.454 e. The summed E-state index contributed by atoms with van der Waals surface area (Å²) in [6, 6.07) is 7.65. The number of fused-ring (bicyclic) bond motifs is 1. The molecule has 2 aromatic rings. The predicted molar refractivity (Wildman–Crippen MR) is 103 cm³/mol. The van der Waals surface area contributed by atoms with E-state index in [0.717, 1.165) is 22.0 Å². The molecule has 0 aliphatic carbocycles. The van der Waals surface area contributed by atoms with Gasteiger partial charge in [-0.25, -0.2) is 17.2 Å². The number of sulfonamides is 1. The largest absolute Gasteiger partial charge is 0.454 e. The monoisotopic (exact) mass is 436 g/mol. The molecule has 7 nitrogen and oxygen atoms in total. The Labute approximate surface area is 172 Å². The molecule has 0 spiro atoms. The topological polar surface area (TPSA) is 76.2 Å². The molecule has 1 fully saturated rings. The first-order valence-electron chi connectivity index (χ1n) is 9.16. The van der Waals surface area contributed by atoms with Crippen LogP contribution in [-0.4, -0.2) is 56.5 Å². The van der Waals surface area contributed by atoms with Gasteiger partial charge in [0.15, 0.2) is 11.5 Å². The van der Waals surface area contributed by atoms with Crippen molar-refractivity contribution in [1.29, 1.82) is 0 Å². The van der Waals surface area contributed by atoms with Crippen LogP contribution in [0.4, 0.5) is 8.78 Å². The molecule has 0 N–H and O–H groups in total. The number of piperazine rings is 1. The van der Waals surface area contributed by atoms with Gasteiger partial charge in [-0.1, -0.05) is 6.07 Å². The van der Waals surface area contributed by atoms with Gasteiger partial charge in [0.2, 0.25) is 22.7 Å². The highest BCUT2D eigenvalue weighted by Crippen LogP contribution is 2.32. The van der Waals surface area contributed by atoms with Crippen LogP contribution in [0.2, 0.25) is 0 Å². The maximum absolute atomic E-state index is 13.9. The molecule has 2 aliphatic heterocycles. The quantitative estimate of drug-likeness (QED) is 0.688. The summed E-state index contributed by atoms with van der Waals surface area (Å²) in [6.07, 6.45) is 3.04. The maximum atomic E-state index is 13.9. The molecule has 1 amide bonds. The van der Waals surface area contributed by atoms with Crippen molar-refractivity contribution in [2.45, 2.75) is 4.90 Å². The van der Waals surface area contributed by atoms with Crippen LogP contribution in [0.25, 0.3) is 6.08 Å². The molecule has 4 rings (SSSR count). The lowest BCUT2D eigenvalue weighted by molar-refractivity contribution is -0.127. The van der Waals surface area contributed by atoms with Gasteiger partial charge in [-0.3, -0.25) is 4.79 Å². The Kier molecular flexibility index (Phi) is 5.44. The molecule has 0 unspecified atom stereocenters. The van der Waals surface area contributed by atoms with Crippen molar-refractivity contribution in [3.8, 4) is 11.5 Å². The molecule has 0 bridgehead atoms. The van der Waals surface area contributed by atoms with Gasteiger partial charge in [-0.05, 0) is 35.9 Å². The number of hydrogen-bond donors (Lipinski definition) is 0. The van der Waals surface area contributed by atoms with Gasteiger partial charge in [-0.15, -0.1) is 0 Å². The summed E-state index contributed by atoms with van der Waals surface area (Å²) < 4.78 is 63.9. The molecule has 0 radical (unpaired) electrons. The number of rotatable bonds is 4. The first-order valence-corrected chi connectivity index (χ1v) is 10.6. The van der Waals surface area contributed by atoms with Crippen LogP contribution < -0.4 is 9.47 Å². The molecular formula is C20H18F2N2O5S. The average Bonchev–Trinajstić information content (AvgIpc) is 3.19. The highest BCUT2D eigenvalue weighted by Gasteiger charge is 2.31. The molecular weight excluding hydrogens is 418 g/mol. The van der Waals surface area contributed by atoms with Crippen LogP contribution in [0.5, 0.6) is 11.5 Å². The van der Waals surface area contributed by atoms with E-state index in [0.29, 0.717) is 17.6 Å². The summed E-state index contributed by atoms with van der Waals surface area (Å²) >= 11 is 0. The summed E-state index contributed by atoms with van der Waals surface area (Å²) in [5, 5.41) is 0. The summed E-state index contributed by atoms with van der Waals surface area (Å²) in [4.78, 5) is 13.4. The number of hydrogen-bond acceptors (Lipinski definition) is 5. The van der Waals surface area contributed by atoms with Gasteiger partial charge in [0.1, 0.15) is 16.5 Å². The molecule has 2 aliphatic rings. The Bertz CT molecular complexity index is 1110. The number of carbonyl (C=O) groups is 1. The van der Waals surface area contributed by atoms with Gasteiger partial charge < -0.3 is 14.4 Å². The fourth-order valence-corrected chi connectivity index (χ4v) is 4.73. The predicted octanol–water partition coefficient (Wildman–Crippen LogP) is 2.24. The molecule has 0 atom stereocenters. The van der Waals surface area contributed by atoms with Crippen molar-refractivity contribution in [2.24, 2.45) is 0 Å². The normalized spacial score (nSPS) is 16.9. The number of carbonyl (C=O) groups excluding carboxylic acids is 1. The summed E-state index contributed by atoms with van der Waals surface area (Å²) in [6.45, 7) is 0.515. The summed E-state index contributed by atoms with van der Waals surface area (Å²) in [5.74, 6) is -1.00. The Morgan fingerprint density at radius 2 is 1.70 bits per heavy atom. The summed E-state index contributed by atoms with van der Waals surface area (Å²) in [7, 11) is -4.11. The zero-order valence-corrected chi connectivity index (χ0v) is 16.6. The zero-order chi connectivity index (χ0) is 21.3. The Morgan fingerprint density at radius 3 is 2.43 bits per heavy atom. The number of amides is 1. The van der Waals surface area contributed by atoms with Gasteiger partial charge in [0, 0.05) is 38.3 Å². The number of halogens is 2. The third-order valence-corrected chi connectivity index (χ3v) is 6.81. The van der Waals surface area contributed by atoms with E-state index in [4.69, 9.17) is 9.47 Å². The van der Waals surface area contributed by atoms with Crippen LogP contribution in [0.1, 0.15) is 5.56 Å². The van der Waals surface area contributed by atoms with Crippen molar-refractivity contribution >= 4 is 22.0 Å². The first-order chi connectivity index (χ1) is 14.3. The Morgan fingerprint density at radius 1 is 0.967 bits per heavy atom. The Balaban J connectivity index is 1.38. The van der Waals surface area contributed by atoms with E-state index in [-0.39, 0.29) is 38.9 Å². The lowest BCUT2D eigenvalue weighted by Crippen LogP contribution is -2.50. The van der Waals surface area contributed by atoms with Crippen molar-refractivity contribution in [3.63, 3.8) is 0 Å². The minimum absolute atomic E-state index is 0.0166. The lowest BCUT2D eigenvalue weighted by atomic mass is 10.2. The second-order valence-electron chi connectivity index (χ2n) is 6.75. The highest BCUT2D eigenvalue weighted by atomic mass is 32.2. The van der Waals surface area contributed by atoms with Crippen LogP contribution >= 0.6 is 0 Å². The van der Waals surface area contributed by atoms with E-state index in [2.05, 4.69) is 0 Å². The molecule has 2 heterocycles. The van der Waals surface area contributed by atoms with Crippen LogP contribution in [0, 0.1) is 11.6 Å². The van der Waals surface area contributed by atoms with Crippen LogP contribution in [0.3, 0.4) is 0 Å². The smallest absolute Gasteiger partial charge is 0.246 e. The van der Waals surface area contributed by atoms with E-state index in [1.54, 1.807) is 24.3 Å². The molecule has 0 aromatic heterocycles. The fourth-order valence-electron chi connectivity index (χ4n) is 3.26. The molecule has 1 saturated heterocycles. The second kappa shape index (κ2) is 8.04. The highest BCUT2D eigenvalue weighted by molar-refractivity contribution is 7.89. The van der Waals surface area contributed by atoms with Crippen molar-refractivity contribution in [3.05, 3.63) is 59.7 Å². The molecule has 0 saturated carbocycles. The molecule has 10 heteroatoms. The van der Waals surface area contributed by atoms with Crippen LogP contribution in [0.15, 0.2) is 47.4 Å². The fraction of sp³-hybridized carbons (Fsp3) is 0.250. The number of nitrogens with zero attached hydrogens (tertiary/aromatic N) is 2. The first kappa shape index (κ1) is 20.3. The zero-order valence-electron chi connectivity index (χ0n) is 15.8. The third-order valence-electron chi connectivity index (χ3n) is 4.88. The second-order valence-corrected chi connectivity index (χ2v) is 8.66. The van der Waals surface area contributed by atoms with Gasteiger partial charge in [-0.2, -0.15) is 4.31 Å².